The largest absolute Gasteiger partial charge is 0.385 e. The predicted molar refractivity (Wildman–Crippen MR) is 108 cm³/mol. The summed E-state index contributed by atoms with van der Waals surface area (Å²) >= 11 is 0. The summed E-state index contributed by atoms with van der Waals surface area (Å²) in [7, 11) is 0.294. The van der Waals surface area contributed by atoms with Crippen molar-refractivity contribution in [3.8, 4) is 0 Å². The Bertz CT molecular complexity index is 517. The predicted octanol–water partition coefficient (Wildman–Crippen LogP) is 1.81. The zero-order valence-corrected chi connectivity index (χ0v) is 17.8. The average molecular weight is 391 g/mol. The third-order valence-electron chi connectivity index (χ3n) is 5.20. The van der Waals surface area contributed by atoms with E-state index in [1.165, 1.54) is 30.0 Å². The van der Waals surface area contributed by atoms with E-state index in [1.807, 2.05) is 0 Å². The average Bonchev–Trinajstić information content (AvgIpc) is 3.10. The minimum absolute atomic E-state index is 0.143. The zero-order valence-electron chi connectivity index (χ0n) is 17.0. The summed E-state index contributed by atoms with van der Waals surface area (Å²) < 4.78 is 30.2. The minimum atomic E-state index is -3.10. The van der Waals surface area contributed by atoms with E-state index in [1.54, 1.807) is 21.1 Å². The van der Waals surface area contributed by atoms with Crippen LogP contribution in [0.2, 0.25) is 0 Å². The lowest BCUT2D eigenvalue weighted by Crippen LogP contribution is -2.40. The maximum atomic E-state index is 11.8. The fourth-order valence-electron chi connectivity index (χ4n) is 3.39. The van der Waals surface area contributed by atoms with E-state index >= 15 is 0 Å². The molecule has 26 heavy (non-hydrogen) atoms. The molecule has 1 aliphatic carbocycles. The number of nitrogens with zero attached hydrogens (tertiary/aromatic N) is 2. The lowest BCUT2D eigenvalue weighted by molar-refractivity contribution is 0.141. The van der Waals surface area contributed by atoms with Gasteiger partial charge in [0.2, 0.25) is 10.0 Å². The highest BCUT2D eigenvalue weighted by Crippen LogP contribution is 2.41. The highest BCUT2D eigenvalue weighted by atomic mass is 32.2. The van der Waals surface area contributed by atoms with Crippen LogP contribution in [0.1, 0.15) is 52.4 Å². The van der Waals surface area contributed by atoms with Crippen molar-refractivity contribution in [1.29, 1.82) is 0 Å². The van der Waals surface area contributed by atoms with Crippen molar-refractivity contribution in [1.82, 2.24) is 14.9 Å². The van der Waals surface area contributed by atoms with Crippen LogP contribution in [0, 0.1) is 5.41 Å². The highest BCUT2D eigenvalue weighted by molar-refractivity contribution is 7.89. The van der Waals surface area contributed by atoms with Gasteiger partial charge in [-0.25, -0.2) is 12.7 Å². The molecule has 7 nitrogen and oxygen atoms in total. The molecule has 0 atom stereocenters. The molecule has 154 valence electrons. The standard InChI is InChI=1S/C18H38N4O3S/c1-5-19-17(20-13-9-14-22(3)26(23,24)6-2)21-16-18(12-15-25-4)10-7-8-11-18/h5-16H2,1-4H3,(H2,19,20,21). The van der Waals surface area contributed by atoms with E-state index in [-0.39, 0.29) is 11.2 Å². The summed E-state index contributed by atoms with van der Waals surface area (Å²) in [6, 6.07) is 0. The first-order valence-electron chi connectivity index (χ1n) is 9.84. The number of rotatable bonds is 12. The topological polar surface area (TPSA) is 83.0 Å². The molecule has 0 amide bonds. The second-order valence-electron chi connectivity index (χ2n) is 7.15. The van der Waals surface area contributed by atoms with E-state index in [0.717, 1.165) is 38.5 Å². The van der Waals surface area contributed by atoms with Crippen molar-refractivity contribution in [2.75, 3.05) is 52.7 Å². The van der Waals surface area contributed by atoms with Crippen molar-refractivity contribution in [2.24, 2.45) is 10.4 Å². The molecule has 2 N–H and O–H groups in total. The van der Waals surface area contributed by atoms with Crippen molar-refractivity contribution in [3.63, 3.8) is 0 Å². The molecular weight excluding hydrogens is 352 g/mol. The number of guanidine groups is 1. The van der Waals surface area contributed by atoms with Crippen LogP contribution in [0.25, 0.3) is 0 Å². The van der Waals surface area contributed by atoms with Crippen LogP contribution in [-0.2, 0) is 14.8 Å². The normalized spacial score (nSPS) is 17.7. The Hall–Kier alpha value is -0.860. The number of aliphatic imine (C=N–C) groups is 1. The van der Waals surface area contributed by atoms with Crippen molar-refractivity contribution in [3.05, 3.63) is 0 Å². The van der Waals surface area contributed by atoms with Crippen molar-refractivity contribution >= 4 is 16.0 Å². The van der Waals surface area contributed by atoms with Gasteiger partial charge in [0, 0.05) is 46.9 Å². The molecule has 1 fully saturated rings. The van der Waals surface area contributed by atoms with Gasteiger partial charge >= 0.3 is 0 Å². The van der Waals surface area contributed by atoms with E-state index in [4.69, 9.17) is 9.73 Å². The zero-order chi connectivity index (χ0) is 19.5. The minimum Gasteiger partial charge on any atom is -0.385 e. The summed E-state index contributed by atoms with van der Waals surface area (Å²) in [5.74, 6) is 0.960. The van der Waals surface area contributed by atoms with Crippen LogP contribution >= 0.6 is 0 Å². The van der Waals surface area contributed by atoms with Gasteiger partial charge in [-0.2, -0.15) is 0 Å². The second-order valence-corrected chi connectivity index (χ2v) is 9.51. The molecule has 1 aliphatic rings. The summed E-state index contributed by atoms with van der Waals surface area (Å²) in [6.45, 7) is 7.34. The molecule has 0 spiro atoms. The molecule has 1 rings (SSSR count). The van der Waals surface area contributed by atoms with Gasteiger partial charge in [-0.15, -0.1) is 0 Å². The summed E-state index contributed by atoms with van der Waals surface area (Å²) in [5.41, 5.74) is 0.272. The van der Waals surface area contributed by atoms with E-state index in [9.17, 15) is 8.42 Å². The Morgan fingerprint density at radius 3 is 2.50 bits per heavy atom. The molecule has 0 aliphatic heterocycles. The van der Waals surface area contributed by atoms with E-state index in [2.05, 4.69) is 17.6 Å². The molecule has 1 saturated carbocycles. The quantitative estimate of drug-likeness (QED) is 0.302. The van der Waals surface area contributed by atoms with Crippen molar-refractivity contribution in [2.45, 2.75) is 52.4 Å². The van der Waals surface area contributed by atoms with Gasteiger partial charge in [0.1, 0.15) is 0 Å². The third kappa shape index (κ3) is 7.80. The Kier molecular flexibility index (Phi) is 10.5. The van der Waals surface area contributed by atoms with Gasteiger partial charge in [-0.3, -0.25) is 4.99 Å². The Balaban J connectivity index is 2.50. The molecule has 0 heterocycles. The van der Waals surface area contributed by atoms with Gasteiger partial charge in [0.25, 0.3) is 0 Å². The Morgan fingerprint density at radius 2 is 1.92 bits per heavy atom. The van der Waals surface area contributed by atoms with Crippen molar-refractivity contribution < 1.29 is 13.2 Å². The molecule has 0 bridgehead atoms. The Morgan fingerprint density at radius 1 is 1.23 bits per heavy atom. The van der Waals surface area contributed by atoms with Crippen LogP contribution in [0.4, 0.5) is 0 Å². The number of ether oxygens (including phenoxy) is 1. The second kappa shape index (κ2) is 11.8. The van der Waals surface area contributed by atoms with Crippen LogP contribution < -0.4 is 10.6 Å². The number of hydrogen-bond acceptors (Lipinski definition) is 4. The van der Waals surface area contributed by atoms with Crippen LogP contribution in [0.5, 0.6) is 0 Å². The molecule has 0 unspecified atom stereocenters. The highest BCUT2D eigenvalue weighted by Gasteiger charge is 2.33. The number of hydrogen-bond donors (Lipinski definition) is 2. The fraction of sp³-hybridized carbons (Fsp3) is 0.944. The van der Waals surface area contributed by atoms with Gasteiger partial charge < -0.3 is 15.4 Å². The first-order chi connectivity index (χ1) is 12.4. The maximum absolute atomic E-state index is 11.8. The molecule has 0 saturated heterocycles. The SMILES string of the molecule is CCNC(=NCC1(CCOC)CCCC1)NCCCN(C)S(=O)(=O)CC. The van der Waals surface area contributed by atoms with Gasteiger partial charge in [0.15, 0.2) is 5.96 Å². The monoisotopic (exact) mass is 390 g/mol. The van der Waals surface area contributed by atoms with Gasteiger partial charge in [-0.05, 0) is 44.9 Å². The number of sulfonamides is 1. The van der Waals surface area contributed by atoms with Crippen LogP contribution in [-0.4, -0.2) is 71.4 Å². The maximum Gasteiger partial charge on any atom is 0.213 e. The first kappa shape index (κ1) is 23.2. The van der Waals surface area contributed by atoms with Gasteiger partial charge in [-0.1, -0.05) is 12.8 Å². The van der Waals surface area contributed by atoms with E-state index < -0.39 is 10.0 Å². The molecular formula is C18H38N4O3S. The number of methoxy groups -OCH3 is 1. The lowest BCUT2D eigenvalue weighted by Gasteiger charge is -2.27. The molecule has 0 radical (unpaired) electrons. The molecule has 0 aromatic heterocycles. The summed E-state index contributed by atoms with van der Waals surface area (Å²) in [6.07, 6.45) is 6.81. The van der Waals surface area contributed by atoms with Gasteiger partial charge in [0.05, 0.1) is 5.75 Å². The Labute approximate surface area is 160 Å². The van der Waals surface area contributed by atoms with Crippen LogP contribution in [0.15, 0.2) is 4.99 Å². The smallest absolute Gasteiger partial charge is 0.213 e. The summed E-state index contributed by atoms with van der Waals surface area (Å²) in [4.78, 5) is 4.81. The van der Waals surface area contributed by atoms with E-state index in [0.29, 0.717) is 13.1 Å². The number of nitrogens with one attached hydrogen (secondary N) is 2. The molecule has 0 aromatic rings. The third-order valence-corrected chi connectivity index (χ3v) is 7.06. The molecule has 0 aromatic carbocycles. The fourth-order valence-corrected chi connectivity index (χ4v) is 4.24. The molecule has 8 heteroatoms. The lowest BCUT2D eigenvalue weighted by atomic mass is 9.83. The first-order valence-corrected chi connectivity index (χ1v) is 11.4. The van der Waals surface area contributed by atoms with Crippen LogP contribution in [0.3, 0.4) is 0 Å². The summed E-state index contributed by atoms with van der Waals surface area (Å²) in [5, 5.41) is 6.61.